The number of amides is 1. The SMILES string of the molecule is CCCC(CC)NCC(CC)(CC)NC(=O)OC(C)(C)C. The lowest BCUT2D eigenvalue weighted by Gasteiger charge is -2.35. The Bertz CT molecular complexity index is 294. The molecule has 0 saturated heterocycles. The number of carbonyl (C=O) groups is 1. The van der Waals surface area contributed by atoms with Crippen molar-refractivity contribution >= 4 is 6.09 Å². The summed E-state index contributed by atoms with van der Waals surface area (Å²) in [6.07, 6.45) is 4.92. The largest absolute Gasteiger partial charge is 0.444 e. The molecule has 2 N–H and O–H groups in total. The van der Waals surface area contributed by atoms with Crippen LogP contribution in [0.4, 0.5) is 4.79 Å². The minimum Gasteiger partial charge on any atom is -0.444 e. The Morgan fingerprint density at radius 1 is 1.10 bits per heavy atom. The average molecular weight is 300 g/mol. The van der Waals surface area contributed by atoms with Crippen molar-refractivity contribution in [2.45, 2.75) is 97.8 Å². The van der Waals surface area contributed by atoms with Gasteiger partial charge in [-0.25, -0.2) is 4.79 Å². The molecule has 4 nitrogen and oxygen atoms in total. The van der Waals surface area contributed by atoms with E-state index in [1.807, 2.05) is 20.8 Å². The van der Waals surface area contributed by atoms with E-state index < -0.39 is 5.60 Å². The highest BCUT2D eigenvalue weighted by atomic mass is 16.6. The Morgan fingerprint density at radius 2 is 1.67 bits per heavy atom. The van der Waals surface area contributed by atoms with Crippen LogP contribution < -0.4 is 10.6 Å². The highest BCUT2D eigenvalue weighted by Crippen LogP contribution is 2.17. The zero-order valence-electron chi connectivity index (χ0n) is 15.1. The molecule has 0 aliphatic rings. The molecule has 1 amide bonds. The van der Waals surface area contributed by atoms with E-state index in [1.54, 1.807) is 0 Å². The minimum atomic E-state index is -0.459. The Hall–Kier alpha value is -0.770. The number of nitrogens with one attached hydrogen (secondary N) is 2. The van der Waals surface area contributed by atoms with Crippen LogP contribution in [0.15, 0.2) is 0 Å². The summed E-state index contributed by atoms with van der Waals surface area (Å²) < 4.78 is 5.40. The number of hydrogen-bond donors (Lipinski definition) is 2. The van der Waals surface area contributed by atoms with Gasteiger partial charge in [0.2, 0.25) is 0 Å². The summed E-state index contributed by atoms with van der Waals surface area (Å²) in [5, 5.41) is 6.70. The fourth-order valence-corrected chi connectivity index (χ4v) is 2.38. The van der Waals surface area contributed by atoms with Crippen LogP contribution in [-0.4, -0.2) is 29.8 Å². The Labute approximate surface area is 131 Å². The molecule has 0 saturated carbocycles. The van der Waals surface area contributed by atoms with Crippen LogP contribution in [-0.2, 0) is 4.74 Å². The van der Waals surface area contributed by atoms with Crippen LogP contribution in [0.1, 0.15) is 80.6 Å². The number of rotatable bonds is 9. The van der Waals surface area contributed by atoms with Gasteiger partial charge in [-0.15, -0.1) is 0 Å². The zero-order valence-corrected chi connectivity index (χ0v) is 15.1. The van der Waals surface area contributed by atoms with Gasteiger partial charge in [0.25, 0.3) is 0 Å². The van der Waals surface area contributed by atoms with Crippen LogP contribution in [0.5, 0.6) is 0 Å². The summed E-state index contributed by atoms with van der Waals surface area (Å²) in [4.78, 5) is 12.1. The molecule has 0 aliphatic carbocycles. The van der Waals surface area contributed by atoms with Crippen molar-refractivity contribution in [2.75, 3.05) is 6.54 Å². The third-order valence-corrected chi connectivity index (χ3v) is 3.98. The molecule has 0 radical (unpaired) electrons. The summed E-state index contributed by atoms with van der Waals surface area (Å²) in [5.41, 5.74) is -0.692. The molecule has 0 bridgehead atoms. The summed E-state index contributed by atoms with van der Waals surface area (Å²) >= 11 is 0. The molecule has 4 heteroatoms. The molecule has 0 aliphatic heterocycles. The third-order valence-electron chi connectivity index (χ3n) is 3.98. The maximum Gasteiger partial charge on any atom is 0.408 e. The van der Waals surface area contributed by atoms with Crippen LogP contribution in [0.2, 0.25) is 0 Å². The molecule has 1 unspecified atom stereocenters. The molecule has 0 spiro atoms. The van der Waals surface area contributed by atoms with Gasteiger partial charge in [0.05, 0.1) is 5.54 Å². The fourth-order valence-electron chi connectivity index (χ4n) is 2.38. The lowest BCUT2D eigenvalue weighted by atomic mass is 9.92. The van der Waals surface area contributed by atoms with Crippen LogP contribution in [0.3, 0.4) is 0 Å². The van der Waals surface area contributed by atoms with Gasteiger partial charge in [-0.05, 0) is 46.5 Å². The van der Waals surface area contributed by atoms with E-state index in [0.717, 1.165) is 25.8 Å². The van der Waals surface area contributed by atoms with Gasteiger partial charge in [-0.1, -0.05) is 34.1 Å². The molecular formula is C17H36N2O2. The molecule has 0 aromatic carbocycles. The van der Waals surface area contributed by atoms with Crippen molar-refractivity contribution in [1.82, 2.24) is 10.6 Å². The summed E-state index contributed by atoms with van der Waals surface area (Å²) in [6, 6.07) is 0.521. The quantitative estimate of drug-likeness (QED) is 0.669. The molecule has 0 fully saturated rings. The fraction of sp³-hybridized carbons (Fsp3) is 0.941. The third kappa shape index (κ3) is 8.30. The van der Waals surface area contributed by atoms with Gasteiger partial charge in [-0.2, -0.15) is 0 Å². The van der Waals surface area contributed by atoms with Crippen molar-refractivity contribution in [2.24, 2.45) is 0 Å². The first-order chi connectivity index (χ1) is 9.71. The minimum absolute atomic E-state index is 0.233. The molecule has 0 rings (SSSR count). The van der Waals surface area contributed by atoms with E-state index in [1.165, 1.54) is 12.8 Å². The van der Waals surface area contributed by atoms with Crippen LogP contribution in [0, 0.1) is 0 Å². The zero-order chi connectivity index (χ0) is 16.5. The van der Waals surface area contributed by atoms with Crippen LogP contribution >= 0.6 is 0 Å². The Morgan fingerprint density at radius 3 is 2.05 bits per heavy atom. The van der Waals surface area contributed by atoms with E-state index in [4.69, 9.17) is 4.74 Å². The predicted octanol–water partition coefficient (Wildman–Crippen LogP) is 4.24. The Kier molecular flexibility index (Phi) is 8.95. The molecule has 0 aromatic rings. The summed E-state index contributed by atoms with van der Waals surface area (Å²) in [6.45, 7) is 15.1. The second-order valence-corrected chi connectivity index (χ2v) is 6.89. The molecule has 0 aromatic heterocycles. The van der Waals surface area contributed by atoms with Crippen molar-refractivity contribution < 1.29 is 9.53 Å². The van der Waals surface area contributed by atoms with E-state index >= 15 is 0 Å². The van der Waals surface area contributed by atoms with Gasteiger partial charge in [0.1, 0.15) is 5.60 Å². The van der Waals surface area contributed by atoms with E-state index in [2.05, 4.69) is 38.3 Å². The summed E-state index contributed by atoms with van der Waals surface area (Å²) in [5.74, 6) is 0. The van der Waals surface area contributed by atoms with E-state index in [0.29, 0.717) is 6.04 Å². The topological polar surface area (TPSA) is 50.4 Å². The molecular weight excluding hydrogens is 264 g/mol. The summed E-state index contributed by atoms with van der Waals surface area (Å²) in [7, 11) is 0. The van der Waals surface area contributed by atoms with Gasteiger partial charge >= 0.3 is 6.09 Å². The van der Waals surface area contributed by atoms with Crippen molar-refractivity contribution in [3.63, 3.8) is 0 Å². The van der Waals surface area contributed by atoms with E-state index in [-0.39, 0.29) is 11.6 Å². The molecule has 21 heavy (non-hydrogen) atoms. The highest BCUT2D eigenvalue weighted by molar-refractivity contribution is 5.68. The second-order valence-electron chi connectivity index (χ2n) is 6.89. The van der Waals surface area contributed by atoms with Gasteiger partial charge in [0, 0.05) is 12.6 Å². The number of carbonyl (C=O) groups excluding carboxylic acids is 1. The van der Waals surface area contributed by atoms with Crippen molar-refractivity contribution in [3.8, 4) is 0 Å². The predicted molar refractivity (Wildman–Crippen MR) is 89.7 cm³/mol. The van der Waals surface area contributed by atoms with E-state index in [9.17, 15) is 4.79 Å². The first kappa shape index (κ1) is 20.2. The number of hydrogen-bond acceptors (Lipinski definition) is 3. The molecule has 126 valence electrons. The number of ether oxygens (including phenoxy) is 1. The van der Waals surface area contributed by atoms with Crippen molar-refractivity contribution in [3.05, 3.63) is 0 Å². The number of alkyl carbamates (subject to hydrolysis) is 1. The lowest BCUT2D eigenvalue weighted by molar-refractivity contribution is 0.0443. The highest BCUT2D eigenvalue weighted by Gasteiger charge is 2.30. The Balaban J connectivity index is 4.64. The molecule has 0 heterocycles. The normalized spacial score (nSPS) is 13.9. The van der Waals surface area contributed by atoms with Crippen molar-refractivity contribution in [1.29, 1.82) is 0 Å². The standard InChI is InChI=1S/C17H36N2O2/c1-8-12-14(9-2)18-13-17(10-3,11-4)19-15(20)21-16(5,6)7/h14,18H,8-13H2,1-7H3,(H,19,20). The lowest BCUT2D eigenvalue weighted by Crippen LogP contribution is -2.56. The van der Waals surface area contributed by atoms with Crippen LogP contribution in [0.25, 0.3) is 0 Å². The average Bonchev–Trinajstić information content (AvgIpc) is 2.39. The first-order valence-electron chi connectivity index (χ1n) is 8.46. The monoisotopic (exact) mass is 300 g/mol. The van der Waals surface area contributed by atoms with Gasteiger partial charge < -0.3 is 15.4 Å². The first-order valence-corrected chi connectivity index (χ1v) is 8.46. The molecule has 1 atom stereocenters. The second kappa shape index (κ2) is 9.29. The smallest absolute Gasteiger partial charge is 0.408 e. The maximum absolute atomic E-state index is 12.1. The maximum atomic E-state index is 12.1. The van der Waals surface area contributed by atoms with Gasteiger partial charge in [-0.3, -0.25) is 0 Å². The van der Waals surface area contributed by atoms with Gasteiger partial charge in [0.15, 0.2) is 0 Å².